The van der Waals surface area contributed by atoms with Gasteiger partial charge in [0.15, 0.2) is 0 Å². The highest BCUT2D eigenvalue weighted by molar-refractivity contribution is 5.72. The molecule has 0 amide bonds. The molecule has 25 heavy (non-hydrogen) atoms. The molecule has 1 saturated heterocycles. The molecule has 2 aliphatic heterocycles. The van der Waals surface area contributed by atoms with Gasteiger partial charge < -0.3 is 9.67 Å². The summed E-state index contributed by atoms with van der Waals surface area (Å²) in [6, 6.07) is 10.0. The number of aliphatic carboxylic acids is 1. The Kier molecular flexibility index (Phi) is 4.53. The van der Waals surface area contributed by atoms with Gasteiger partial charge in [-0.15, -0.1) is 10.2 Å². The quantitative estimate of drug-likeness (QED) is 0.925. The third-order valence-electron chi connectivity index (χ3n) is 5.49. The van der Waals surface area contributed by atoms with Gasteiger partial charge in [0.2, 0.25) is 0 Å². The zero-order valence-corrected chi connectivity index (χ0v) is 14.3. The summed E-state index contributed by atoms with van der Waals surface area (Å²) >= 11 is 0. The number of rotatable bonds is 4. The van der Waals surface area contributed by atoms with Gasteiger partial charge in [0.05, 0.1) is 12.5 Å². The normalized spacial score (nSPS) is 24.0. The Hall–Kier alpha value is -2.21. The number of aryl methyl sites for hydroxylation is 1. The van der Waals surface area contributed by atoms with Gasteiger partial charge in [0.1, 0.15) is 11.6 Å². The van der Waals surface area contributed by atoms with Crippen LogP contribution in [0.2, 0.25) is 0 Å². The van der Waals surface area contributed by atoms with Crippen LogP contribution < -0.4 is 0 Å². The first-order valence-corrected chi connectivity index (χ1v) is 9.13. The molecule has 0 unspecified atom stereocenters. The monoisotopic (exact) mass is 340 g/mol. The van der Waals surface area contributed by atoms with Crippen molar-refractivity contribution in [1.82, 2.24) is 19.7 Å². The summed E-state index contributed by atoms with van der Waals surface area (Å²) < 4.78 is 2.25. The van der Waals surface area contributed by atoms with Crippen molar-refractivity contribution in [3.63, 3.8) is 0 Å². The molecule has 0 radical (unpaired) electrons. The van der Waals surface area contributed by atoms with Gasteiger partial charge >= 0.3 is 5.97 Å². The first-order chi connectivity index (χ1) is 12.2. The van der Waals surface area contributed by atoms with Crippen LogP contribution in [0.5, 0.6) is 0 Å². The molecule has 6 nitrogen and oxygen atoms in total. The molecule has 1 aromatic carbocycles. The lowest BCUT2D eigenvalue weighted by Gasteiger charge is -2.16. The summed E-state index contributed by atoms with van der Waals surface area (Å²) in [6.07, 6.45) is 4.59. The second-order valence-electron chi connectivity index (χ2n) is 7.15. The minimum atomic E-state index is -0.712. The predicted molar refractivity (Wildman–Crippen MR) is 93.2 cm³/mol. The van der Waals surface area contributed by atoms with E-state index in [9.17, 15) is 9.90 Å². The SMILES string of the molecule is O=C(O)[C@@H]1CN(Cc2nnc3n2CCCCC3)C[C@@H]1c1ccccc1. The molecule has 0 aliphatic carbocycles. The molecule has 1 fully saturated rings. The number of hydrogen-bond donors (Lipinski definition) is 1. The Morgan fingerprint density at radius 2 is 1.96 bits per heavy atom. The smallest absolute Gasteiger partial charge is 0.308 e. The van der Waals surface area contributed by atoms with Crippen LogP contribution in [0.15, 0.2) is 30.3 Å². The minimum absolute atomic E-state index is 0.0326. The fourth-order valence-electron chi connectivity index (χ4n) is 4.16. The number of nitrogens with zero attached hydrogens (tertiary/aromatic N) is 4. The maximum absolute atomic E-state index is 11.8. The zero-order chi connectivity index (χ0) is 17.2. The molecule has 1 N–H and O–H groups in total. The molecule has 132 valence electrons. The highest BCUT2D eigenvalue weighted by Gasteiger charge is 2.38. The number of likely N-dealkylation sites (tertiary alicyclic amines) is 1. The summed E-state index contributed by atoms with van der Waals surface area (Å²) in [5, 5.41) is 18.4. The van der Waals surface area contributed by atoms with E-state index in [-0.39, 0.29) is 11.8 Å². The van der Waals surface area contributed by atoms with Crippen molar-refractivity contribution in [3.05, 3.63) is 47.5 Å². The first kappa shape index (κ1) is 16.3. The van der Waals surface area contributed by atoms with Crippen molar-refractivity contribution >= 4 is 5.97 Å². The van der Waals surface area contributed by atoms with Crippen LogP contribution in [0.25, 0.3) is 0 Å². The van der Waals surface area contributed by atoms with E-state index in [4.69, 9.17) is 0 Å². The molecule has 4 rings (SSSR count). The molecule has 2 atom stereocenters. The molecule has 2 aromatic rings. The number of carbonyl (C=O) groups is 1. The zero-order valence-electron chi connectivity index (χ0n) is 14.3. The number of carboxylic acid groups (broad SMARTS) is 1. The van der Waals surface area contributed by atoms with E-state index in [1.807, 2.05) is 30.3 Å². The van der Waals surface area contributed by atoms with Crippen molar-refractivity contribution in [2.75, 3.05) is 13.1 Å². The van der Waals surface area contributed by atoms with Crippen molar-refractivity contribution in [2.24, 2.45) is 5.92 Å². The average Bonchev–Trinajstić information content (AvgIpc) is 3.13. The number of aromatic nitrogens is 3. The fraction of sp³-hybridized carbons (Fsp3) is 0.526. The molecule has 6 heteroatoms. The molecule has 1 aromatic heterocycles. The molecule has 3 heterocycles. The van der Waals surface area contributed by atoms with Gasteiger partial charge in [0.25, 0.3) is 0 Å². The molecule has 0 bridgehead atoms. The van der Waals surface area contributed by atoms with Crippen LogP contribution in [-0.4, -0.2) is 43.8 Å². The topological polar surface area (TPSA) is 71.2 Å². The van der Waals surface area contributed by atoms with Crippen molar-refractivity contribution in [3.8, 4) is 0 Å². The van der Waals surface area contributed by atoms with E-state index in [0.717, 1.165) is 36.7 Å². The first-order valence-electron chi connectivity index (χ1n) is 9.13. The van der Waals surface area contributed by atoms with Crippen LogP contribution in [-0.2, 0) is 24.3 Å². The molecule has 2 aliphatic rings. The van der Waals surface area contributed by atoms with Crippen LogP contribution in [0.1, 0.15) is 42.4 Å². The number of benzene rings is 1. The highest BCUT2D eigenvalue weighted by atomic mass is 16.4. The lowest BCUT2D eigenvalue weighted by atomic mass is 9.89. The van der Waals surface area contributed by atoms with E-state index in [2.05, 4.69) is 19.7 Å². The molecule has 0 saturated carbocycles. The van der Waals surface area contributed by atoms with Crippen LogP contribution >= 0.6 is 0 Å². The predicted octanol–water partition coefficient (Wildman–Crippen LogP) is 2.30. The summed E-state index contributed by atoms with van der Waals surface area (Å²) in [5.74, 6) is 1.02. The van der Waals surface area contributed by atoms with E-state index in [0.29, 0.717) is 13.1 Å². The van der Waals surface area contributed by atoms with E-state index >= 15 is 0 Å². The highest BCUT2D eigenvalue weighted by Crippen LogP contribution is 2.33. The maximum atomic E-state index is 11.8. The lowest BCUT2D eigenvalue weighted by molar-refractivity contribution is -0.141. The van der Waals surface area contributed by atoms with Gasteiger partial charge in [-0.2, -0.15) is 0 Å². The minimum Gasteiger partial charge on any atom is -0.481 e. The number of hydrogen-bond acceptors (Lipinski definition) is 4. The van der Waals surface area contributed by atoms with Crippen molar-refractivity contribution in [1.29, 1.82) is 0 Å². The van der Waals surface area contributed by atoms with Gasteiger partial charge in [-0.05, 0) is 18.4 Å². The Bertz CT molecular complexity index is 743. The standard InChI is InChI=1S/C19H24N4O2/c24-19(25)16-12-22(11-15(16)14-7-3-1-4-8-14)13-18-21-20-17-9-5-2-6-10-23(17)18/h1,3-4,7-8,15-16H,2,5-6,9-13H2,(H,24,25)/t15-,16-/m1/s1. The summed E-state index contributed by atoms with van der Waals surface area (Å²) in [6.45, 7) is 2.98. The average molecular weight is 340 g/mol. The number of carboxylic acids is 1. The second kappa shape index (κ2) is 6.96. The van der Waals surface area contributed by atoms with E-state index in [1.54, 1.807) is 0 Å². The Labute approximate surface area is 147 Å². The summed E-state index contributed by atoms with van der Waals surface area (Å²) in [5.41, 5.74) is 1.11. The largest absolute Gasteiger partial charge is 0.481 e. The van der Waals surface area contributed by atoms with Crippen molar-refractivity contribution in [2.45, 2.75) is 44.7 Å². The van der Waals surface area contributed by atoms with Gasteiger partial charge in [-0.1, -0.05) is 36.8 Å². The second-order valence-corrected chi connectivity index (χ2v) is 7.15. The molecule has 0 spiro atoms. The summed E-state index contributed by atoms with van der Waals surface area (Å²) in [4.78, 5) is 14.0. The van der Waals surface area contributed by atoms with Crippen LogP contribution in [0.4, 0.5) is 0 Å². The third-order valence-corrected chi connectivity index (χ3v) is 5.49. The fourth-order valence-corrected chi connectivity index (χ4v) is 4.16. The van der Waals surface area contributed by atoms with Crippen molar-refractivity contribution < 1.29 is 9.90 Å². The Morgan fingerprint density at radius 3 is 2.76 bits per heavy atom. The Morgan fingerprint density at radius 1 is 1.12 bits per heavy atom. The molecular formula is C19H24N4O2. The molecular weight excluding hydrogens is 316 g/mol. The maximum Gasteiger partial charge on any atom is 0.308 e. The Balaban J connectivity index is 1.52. The summed E-state index contributed by atoms with van der Waals surface area (Å²) in [7, 11) is 0. The van der Waals surface area contributed by atoms with Crippen LogP contribution in [0, 0.1) is 5.92 Å². The lowest BCUT2D eigenvalue weighted by Crippen LogP contribution is -2.24. The van der Waals surface area contributed by atoms with E-state index < -0.39 is 5.97 Å². The van der Waals surface area contributed by atoms with Gasteiger partial charge in [-0.3, -0.25) is 9.69 Å². The van der Waals surface area contributed by atoms with Crippen LogP contribution in [0.3, 0.4) is 0 Å². The van der Waals surface area contributed by atoms with Gasteiger partial charge in [0, 0.05) is 32.0 Å². The number of fused-ring (bicyclic) bond motifs is 1. The third kappa shape index (κ3) is 3.31. The van der Waals surface area contributed by atoms with Gasteiger partial charge in [-0.25, -0.2) is 0 Å². The van der Waals surface area contributed by atoms with E-state index in [1.165, 1.54) is 19.3 Å².